The van der Waals surface area contributed by atoms with Crippen LogP contribution >= 0.6 is 0 Å². The van der Waals surface area contributed by atoms with Crippen molar-refractivity contribution in [2.45, 2.75) is 20.0 Å². The summed E-state index contributed by atoms with van der Waals surface area (Å²) in [6.07, 6.45) is 2.97. The topological polar surface area (TPSA) is 88.0 Å². The molecule has 0 saturated carbocycles. The lowest BCUT2D eigenvalue weighted by molar-refractivity contribution is -0.111. The number of benzene rings is 3. The van der Waals surface area contributed by atoms with E-state index in [0.717, 1.165) is 22.5 Å². The van der Waals surface area contributed by atoms with Crippen molar-refractivity contribution < 1.29 is 4.79 Å². The average Bonchev–Trinajstić information content (AvgIpc) is 3.37. The molecule has 3 aromatic carbocycles. The summed E-state index contributed by atoms with van der Waals surface area (Å²) in [7, 11) is 0. The predicted octanol–water partition coefficient (Wildman–Crippen LogP) is 6.09. The zero-order chi connectivity index (χ0) is 27.2. The molecule has 0 aliphatic heterocycles. The fourth-order valence-electron chi connectivity index (χ4n) is 4.28. The van der Waals surface area contributed by atoms with Gasteiger partial charge in [0.25, 0.3) is 0 Å². The van der Waals surface area contributed by atoms with Crippen LogP contribution in [0.4, 0.5) is 17.5 Å². The van der Waals surface area contributed by atoms with Gasteiger partial charge in [-0.15, -0.1) is 0 Å². The van der Waals surface area contributed by atoms with E-state index in [1.54, 1.807) is 6.33 Å². The van der Waals surface area contributed by atoms with Crippen LogP contribution in [0.5, 0.6) is 0 Å². The van der Waals surface area contributed by atoms with E-state index >= 15 is 0 Å². The Morgan fingerprint density at radius 2 is 1.59 bits per heavy atom. The van der Waals surface area contributed by atoms with Gasteiger partial charge in [-0.3, -0.25) is 9.36 Å². The van der Waals surface area contributed by atoms with Crippen molar-refractivity contribution >= 4 is 34.5 Å². The third-order valence-electron chi connectivity index (χ3n) is 6.01. The number of carbonyl (C=O) groups is 1. The van der Waals surface area contributed by atoms with Gasteiger partial charge >= 0.3 is 0 Å². The Labute approximate surface area is 227 Å². The number of fused-ring (bicyclic) bond motifs is 1. The molecule has 0 bridgehead atoms. The van der Waals surface area contributed by atoms with Crippen molar-refractivity contribution in [2.24, 2.45) is 0 Å². The number of allylic oxidation sites excluding steroid dienone is 1. The lowest BCUT2D eigenvalue weighted by Gasteiger charge is -2.25. The maximum atomic E-state index is 11.9. The van der Waals surface area contributed by atoms with E-state index in [9.17, 15) is 4.79 Å². The van der Waals surface area contributed by atoms with Crippen molar-refractivity contribution in [2.75, 3.05) is 15.5 Å². The molecular weight excluding hydrogens is 486 g/mol. The number of hydrogen-bond donors (Lipinski definition) is 2. The maximum absolute atomic E-state index is 11.9. The zero-order valence-corrected chi connectivity index (χ0v) is 21.7. The van der Waals surface area contributed by atoms with E-state index in [0.29, 0.717) is 41.7 Å². The Balaban J connectivity index is 1.64. The minimum atomic E-state index is -0.280. The van der Waals surface area contributed by atoms with Gasteiger partial charge in [0.2, 0.25) is 11.9 Å². The van der Waals surface area contributed by atoms with Crippen LogP contribution in [0.15, 0.2) is 116 Å². The number of rotatable bonds is 10. The second kappa shape index (κ2) is 11.4. The second-order valence-corrected chi connectivity index (χ2v) is 9.13. The molecule has 2 aromatic heterocycles. The number of nitrogens with one attached hydrogen (secondary N) is 2. The molecule has 5 rings (SSSR count). The Hall–Kier alpha value is -5.24. The number of hydrogen-bond acceptors (Lipinski definition) is 6. The molecule has 194 valence electrons. The van der Waals surface area contributed by atoms with Crippen LogP contribution in [-0.4, -0.2) is 25.4 Å². The molecule has 5 aromatic rings. The highest BCUT2D eigenvalue weighted by atomic mass is 16.1. The minimum absolute atomic E-state index is 0.280. The van der Waals surface area contributed by atoms with Crippen molar-refractivity contribution in [1.29, 1.82) is 0 Å². The summed E-state index contributed by atoms with van der Waals surface area (Å²) in [5.41, 5.74) is 5.75. The van der Waals surface area contributed by atoms with E-state index in [-0.39, 0.29) is 5.91 Å². The molecule has 0 radical (unpaired) electrons. The Kier molecular flexibility index (Phi) is 7.45. The number of nitrogens with zero attached hydrogens (tertiary/aromatic N) is 5. The summed E-state index contributed by atoms with van der Waals surface area (Å²) in [6.45, 7) is 10.6. The first-order chi connectivity index (χ1) is 19.0. The summed E-state index contributed by atoms with van der Waals surface area (Å²) in [5, 5.41) is 5.99. The van der Waals surface area contributed by atoms with Gasteiger partial charge in [0.15, 0.2) is 17.0 Å². The Morgan fingerprint density at radius 3 is 2.21 bits per heavy atom. The molecule has 2 N–H and O–H groups in total. The number of anilines is 3. The first-order valence-corrected chi connectivity index (χ1v) is 12.5. The van der Waals surface area contributed by atoms with Crippen LogP contribution < -0.4 is 15.5 Å². The summed E-state index contributed by atoms with van der Waals surface area (Å²) < 4.78 is 1.89. The van der Waals surface area contributed by atoms with Crippen LogP contribution in [0.25, 0.3) is 16.9 Å². The van der Waals surface area contributed by atoms with Crippen LogP contribution in [0.3, 0.4) is 0 Å². The molecule has 2 heterocycles. The summed E-state index contributed by atoms with van der Waals surface area (Å²) in [5.74, 6) is 0.845. The fourth-order valence-corrected chi connectivity index (χ4v) is 4.28. The highest BCUT2D eigenvalue weighted by molar-refractivity contribution is 5.99. The van der Waals surface area contributed by atoms with Gasteiger partial charge in [0.05, 0.1) is 5.69 Å². The van der Waals surface area contributed by atoms with Crippen molar-refractivity contribution in [3.63, 3.8) is 0 Å². The van der Waals surface area contributed by atoms with Gasteiger partial charge < -0.3 is 15.5 Å². The molecule has 0 atom stereocenters. The normalized spacial score (nSPS) is 10.7. The lowest BCUT2D eigenvalue weighted by Crippen LogP contribution is -2.24. The van der Waals surface area contributed by atoms with Gasteiger partial charge in [-0.1, -0.05) is 79.9 Å². The van der Waals surface area contributed by atoms with Crippen molar-refractivity contribution in [3.05, 3.63) is 127 Å². The summed E-state index contributed by atoms with van der Waals surface area (Å²) in [6, 6.07) is 28.1. The molecule has 0 aliphatic rings. The van der Waals surface area contributed by atoms with Crippen LogP contribution in [-0.2, 0) is 17.9 Å². The van der Waals surface area contributed by atoms with E-state index in [4.69, 9.17) is 15.0 Å². The Bertz CT molecular complexity index is 1590. The van der Waals surface area contributed by atoms with Gasteiger partial charge in [0, 0.05) is 24.5 Å². The monoisotopic (exact) mass is 515 g/mol. The molecule has 8 heteroatoms. The molecule has 8 nitrogen and oxygen atoms in total. The Morgan fingerprint density at radius 1 is 0.923 bits per heavy atom. The largest absolute Gasteiger partial charge is 0.346 e. The average molecular weight is 516 g/mol. The third kappa shape index (κ3) is 6.02. The van der Waals surface area contributed by atoms with Crippen molar-refractivity contribution in [1.82, 2.24) is 19.5 Å². The lowest BCUT2D eigenvalue weighted by atomic mass is 10.1. The van der Waals surface area contributed by atoms with Gasteiger partial charge in [-0.2, -0.15) is 9.97 Å². The maximum Gasteiger partial charge on any atom is 0.247 e. The number of aromatic nitrogens is 4. The van der Waals surface area contributed by atoms with Crippen LogP contribution in [0.1, 0.15) is 18.1 Å². The van der Waals surface area contributed by atoms with Crippen LogP contribution in [0, 0.1) is 0 Å². The highest BCUT2D eigenvalue weighted by Crippen LogP contribution is 2.29. The number of amides is 1. The zero-order valence-electron chi connectivity index (χ0n) is 21.7. The van der Waals surface area contributed by atoms with Gasteiger partial charge in [0.1, 0.15) is 6.33 Å². The van der Waals surface area contributed by atoms with Crippen LogP contribution in [0.2, 0.25) is 0 Å². The molecule has 0 spiro atoms. The quantitative estimate of drug-likeness (QED) is 0.219. The molecule has 39 heavy (non-hydrogen) atoms. The second-order valence-electron chi connectivity index (χ2n) is 9.13. The first kappa shape index (κ1) is 25.4. The molecule has 1 amide bonds. The molecular formula is C31H29N7O. The van der Waals surface area contributed by atoms with E-state index in [1.807, 2.05) is 72.2 Å². The van der Waals surface area contributed by atoms with E-state index < -0.39 is 0 Å². The van der Waals surface area contributed by atoms with Gasteiger partial charge in [-0.05, 0) is 42.3 Å². The standard InChI is InChI=1S/C31H29N7O/c1-4-27(39)34-25-16-11-17-26(18-25)38-21-32-28-29(35-31(33-22(2)3)36-30(28)38)37(19-23-12-7-5-8-13-23)20-24-14-9-6-10-15-24/h4-18,21H,1-2,19-20H2,3H3,(H,34,39)(H,33,35,36). The number of carbonyl (C=O) groups excluding carboxylic acids is 1. The molecule has 0 unspecified atom stereocenters. The SMILES string of the molecule is C=CC(=O)Nc1cccc(-n2cnc3c(N(Cc4ccccc4)Cc4ccccc4)nc(NC(=C)C)nc32)c1. The minimum Gasteiger partial charge on any atom is -0.346 e. The molecule has 0 aliphatic carbocycles. The predicted molar refractivity (Wildman–Crippen MR) is 157 cm³/mol. The van der Waals surface area contributed by atoms with Gasteiger partial charge in [-0.25, -0.2) is 4.98 Å². The third-order valence-corrected chi connectivity index (χ3v) is 6.01. The van der Waals surface area contributed by atoms with E-state index in [1.165, 1.54) is 6.08 Å². The smallest absolute Gasteiger partial charge is 0.247 e. The summed E-state index contributed by atoms with van der Waals surface area (Å²) >= 11 is 0. The first-order valence-electron chi connectivity index (χ1n) is 12.5. The summed E-state index contributed by atoms with van der Waals surface area (Å²) in [4.78, 5) is 28.6. The number of imidazole rings is 1. The van der Waals surface area contributed by atoms with Crippen molar-refractivity contribution in [3.8, 4) is 5.69 Å². The van der Waals surface area contributed by atoms with E-state index in [2.05, 4.69) is 53.0 Å². The molecule has 0 saturated heterocycles. The molecule has 0 fully saturated rings. The fraction of sp³-hybridized carbons (Fsp3) is 0.0968. The highest BCUT2D eigenvalue weighted by Gasteiger charge is 2.20.